The summed E-state index contributed by atoms with van der Waals surface area (Å²) in [5.74, 6) is 0.133. The van der Waals surface area contributed by atoms with Gasteiger partial charge < -0.3 is 15.7 Å². The fraction of sp³-hybridized carbons (Fsp3) is 0.133. The van der Waals surface area contributed by atoms with Crippen LogP contribution >= 0.6 is 11.8 Å². The molecule has 0 bridgehead atoms. The van der Waals surface area contributed by atoms with Crippen LogP contribution in [0.3, 0.4) is 0 Å². The molecule has 0 fully saturated rings. The first kappa shape index (κ1) is 27.9. The number of carboxylic acid groups (broad SMARTS) is 1. The summed E-state index contributed by atoms with van der Waals surface area (Å²) in [7, 11) is 0. The predicted molar refractivity (Wildman–Crippen MR) is 155 cm³/mol. The number of aromatic nitrogens is 3. The van der Waals surface area contributed by atoms with E-state index < -0.39 is 23.8 Å². The third-order valence-corrected chi connectivity index (χ3v) is 7.24. The number of carbonyl (C=O) groups is 1. The Hall–Kier alpha value is -4.64. The van der Waals surface area contributed by atoms with Crippen molar-refractivity contribution in [1.82, 2.24) is 15.0 Å². The van der Waals surface area contributed by atoms with E-state index in [1.165, 1.54) is 23.9 Å². The number of aliphatic carboxylic acids is 1. The van der Waals surface area contributed by atoms with E-state index in [-0.39, 0.29) is 23.5 Å². The summed E-state index contributed by atoms with van der Waals surface area (Å²) in [5.41, 5.74) is 1.31. The minimum absolute atomic E-state index is 0.0186. The maximum Gasteiger partial charge on any atom is 0.416 e. The zero-order valence-corrected chi connectivity index (χ0v) is 22.3. The Kier molecular flexibility index (Phi) is 8.34. The number of halogens is 3. The van der Waals surface area contributed by atoms with Crippen LogP contribution in [0, 0.1) is 0 Å². The van der Waals surface area contributed by atoms with Crippen molar-refractivity contribution in [2.45, 2.75) is 18.0 Å². The number of nitrogens with zero attached hydrogens (tertiary/aromatic N) is 3. The number of benzene rings is 4. The minimum atomic E-state index is -4.46. The van der Waals surface area contributed by atoms with Crippen LogP contribution < -0.4 is 10.6 Å². The van der Waals surface area contributed by atoms with Crippen molar-refractivity contribution >= 4 is 46.1 Å². The van der Waals surface area contributed by atoms with Gasteiger partial charge in [-0.1, -0.05) is 72.8 Å². The van der Waals surface area contributed by atoms with Crippen LogP contribution in [0.4, 0.5) is 30.8 Å². The number of alkyl halides is 3. The van der Waals surface area contributed by atoms with Crippen molar-refractivity contribution in [3.8, 4) is 11.4 Å². The van der Waals surface area contributed by atoms with Crippen LogP contribution in [0.2, 0.25) is 0 Å². The minimum Gasteiger partial charge on any atom is -0.480 e. The molecule has 4 aromatic carbocycles. The molecule has 0 radical (unpaired) electrons. The highest BCUT2D eigenvalue weighted by atomic mass is 32.2. The maximum absolute atomic E-state index is 13.0. The number of nitrogens with one attached hydrogen (secondary N) is 2. The number of anilines is 3. The van der Waals surface area contributed by atoms with E-state index in [2.05, 4.69) is 25.6 Å². The SMILES string of the molecule is O=C(O)C(CSCc1ccccc1)Nc1nc(Nc2ccc(C(F)(F)F)cc2)nc(-c2cccc3ccccc23)n1. The first-order valence-corrected chi connectivity index (χ1v) is 13.7. The van der Waals surface area contributed by atoms with Gasteiger partial charge in [0.1, 0.15) is 6.04 Å². The van der Waals surface area contributed by atoms with Crippen LogP contribution in [0.5, 0.6) is 0 Å². The summed E-state index contributed by atoms with van der Waals surface area (Å²) in [5, 5.41) is 17.6. The van der Waals surface area contributed by atoms with E-state index in [4.69, 9.17) is 0 Å². The molecular formula is C30H24F3N5O2S. The van der Waals surface area contributed by atoms with Crippen LogP contribution in [-0.2, 0) is 16.7 Å². The average molecular weight is 576 g/mol. The second kappa shape index (κ2) is 12.3. The molecule has 1 heterocycles. The molecule has 5 aromatic rings. The van der Waals surface area contributed by atoms with Crippen molar-refractivity contribution in [1.29, 1.82) is 0 Å². The number of hydrogen-bond donors (Lipinski definition) is 3. The van der Waals surface area contributed by atoms with Gasteiger partial charge in [-0.3, -0.25) is 0 Å². The van der Waals surface area contributed by atoms with Crippen LogP contribution in [0.15, 0.2) is 97.1 Å². The summed E-state index contributed by atoms with van der Waals surface area (Å²) in [4.78, 5) is 25.5. The molecule has 3 N–H and O–H groups in total. The molecule has 208 valence electrons. The van der Waals surface area contributed by atoms with Gasteiger partial charge in [0.05, 0.1) is 5.56 Å². The van der Waals surface area contributed by atoms with Gasteiger partial charge in [-0.05, 0) is 40.6 Å². The Morgan fingerprint density at radius 1 is 0.829 bits per heavy atom. The Balaban J connectivity index is 1.46. The molecular weight excluding hydrogens is 551 g/mol. The van der Waals surface area contributed by atoms with Crippen LogP contribution in [0.1, 0.15) is 11.1 Å². The normalized spacial score (nSPS) is 12.2. The summed E-state index contributed by atoms with van der Waals surface area (Å²) >= 11 is 1.45. The molecule has 1 atom stereocenters. The smallest absolute Gasteiger partial charge is 0.416 e. The largest absolute Gasteiger partial charge is 0.480 e. The van der Waals surface area contributed by atoms with Gasteiger partial charge in [0.15, 0.2) is 5.82 Å². The monoisotopic (exact) mass is 575 g/mol. The average Bonchev–Trinajstić information content (AvgIpc) is 2.96. The van der Waals surface area contributed by atoms with Crippen LogP contribution in [-0.4, -0.2) is 37.8 Å². The van der Waals surface area contributed by atoms with Gasteiger partial charge >= 0.3 is 12.1 Å². The number of carboxylic acids is 1. The second-order valence-corrected chi connectivity index (χ2v) is 10.1. The zero-order chi connectivity index (χ0) is 28.8. The number of rotatable bonds is 10. The first-order valence-electron chi connectivity index (χ1n) is 12.6. The van der Waals surface area contributed by atoms with E-state index >= 15 is 0 Å². The molecule has 0 aliphatic rings. The zero-order valence-electron chi connectivity index (χ0n) is 21.5. The molecule has 5 rings (SSSR count). The Morgan fingerprint density at radius 3 is 2.24 bits per heavy atom. The Morgan fingerprint density at radius 2 is 1.51 bits per heavy atom. The molecule has 0 aliphatic carbocycles. The Bertz CT molecular complexity index is 1650. The summed E-state index contributed by atoms with van der Waals surface area (Å²) in [6.45, 7) is 0. The molecule has 41 heavy (non-hydrogen) atoms. The quantitative estimate of drug-likeness (QED) is 0.160. The summed E-state index contributed by atoms with van der Waals surface area (Å²) in [6, 6.07) is 26.5. The second-order valence-electron chi connectivity index (χ2n) is 9.07. The van der Waals surface area contributed by atoms with Crippen LogP contribution in [0.25, 0.3) is 22.2 Å². The highest BCUT2D eigenvalue weighted by Crippen LogP contribution is 2.31. The van der Waals surface area contributed by atoms with Crippen molar-refractivity contribution in [3.63, 3.8) is 0 Å². The van der Waals surface area contributed by atoms with Crippen molar-refractivity contribution in [3.05, 3.63) is 108 Å². The molecule has 0 aliphatic heterocycles. The first-order chi connectivity index (χ1) is 19.8. The van der Waals surface area contributed by atoms with E-state index in [0.717, 1.165) is 28.5 Å². The molecule has 0 spiro atoms. The van der Waals surface area contributed by atoms with Gasteiger partial charge in [-0.25, -0.2) is 4.79 Å². The lowest BCUT2D eigenvalue weighted by Gasteiger charge is -2.16. The molecule has 7 nitrogen and oxygen atoms in total. The van der Waals surface area contributed by atoms with E-state index in [0.29, 0.717) is 17.0 Å². The topological polar surface area (TPSA) is 100 Å². The summed E-state index contributed by atoms with van der Waals surface area (Å²) < 4.78 is 39.1. The lowest BCUT2D eigenvalue weighted by atomic mass is 10.0. The number of fused-ring (bicyclic) bond motifs is 1. The van der Waals surface area contributed by atoms with Gasteiger partial charge in [-0.15, -0.1) is 0 Å². The van der Waals surface area contributed by atoms with E-state index in [1.807, 2.05) is 72.8 Å². The highest BCUT2D eigenvalue weighted by Gasteiger charge is 2.30. The predicted octanol–water partition coefficient (Wildman–Crippen LogP) is 7.25. The van der Waals surface area contributed by atoms with Gasteiger partial charge in [0.25, 0.3) is 0 Å². The Labute approximate surface area is 237 Å². The fourth-order valence-electron chi connectivity index (χ4n) is 4.11. The lowest BCUT2D eigenvalue weighted by molar-refractivity contribution is -0.138. The standard InChI is InChI=1S/C30H24F3N5O2S/c31-30(32,33)21-13-15-22(16-14-21)34-28-36-26(24-12-6-10-20-9-4-5-11-23(20)24)37-29(38-28)35-25(27(39)40)18-41-17-19-7-2-1-3-8-19/h1-16,25H,17-18H2,(H,39,40)(H2,34,35,36,37,38). The highest BCUT2D eigenvalue weighted by molar-refractivity contribution is 7.98. The van der Waals surface area contributed by atoms with Gasteiger partial charge in [0, 0.05) is 22.8 Å². The number of hydrogen-bond acceptors (Lipinski definition) is 7. The molecule has 0 saturated carbocycles. The molecule has 1 aromatic heterocycles. The number of thioether (sulfide) groups is 1. The molecule has 0 amide bonds. The van der Waals surface area contributed by atoms with E-state index in [1.54, 1.807) is 0 Å². The maximum atomic E-state index is 13.0. The van der Waals surface area contributed by atoms with E-state index in [9.17, 15) is 23.1 Å². The summed E-state index contributed by atoms with van der Waals surface area (Å²) in [6.07, 6.45) is -4.46. The van der Waals surface area contributed by atoms with Gasteiger partial charge in [-0.2, -0.15) is 39.9 Å². The fourth-order valence-corrected chi connectivity index (χ4v) is 5.12. The third kappa shape index (κ3) is 7.12. The van der Waals surface area contributed by atoms with Crippen molar-refractivity contribution in [2.75, 3.05) is 16.4 Å². The lowest BCUT2D eigenvalue weighted by Crippen LogP contribution is -2.32. The van der Waals surface area contributed by atoms with Gasteiger partial charge in [0.2, 0.25) is 11.9 Å². The molecule has 0 saturated heterocycles. The molecule has 11 heteroatoms. The third-order valence-electron chi connectivity index (χ3n) is 6.13. The van der Waals surface area contributed by atoms with Crippen molar-refractivity contribution in [2.24, 2.45) is 0 Å². The molecule has 1 unspecified atom stereocenters. The van der Waals surface area contributed by atoms with Crippen molar-refractivity contribution < 1.29 is 23.1 Å².